The number of unbranched alkanes of at least 4 members (excludes halogenated alkanes) is 1. The third-order valence-corrected chi connectivity index (χ3v) is 6.23. The Morgan fingerprint density at radius 2 is 1.53 bits per heavy atom. The lowest BCUT2D eigenvalue weighted by atomic mass is 9.73. The SMILES string of the molecule is C[P+](=O)CCCCC1(C(=O)NCC(F)(F)F)c2cc(F)ccc2-c2ccc(F)cc21. The molecule has 1 unspecified atom stereocenters. The van der Waals surface area contributed by atoms with Crippen molar-refractivity contribution in [2.24, 2.45) is 0 Å². The van der Waals surface area contributed by atoms with E-state index in [1.807, 2.05) is 5.32 Å². The van der Waals surface area contributed by atoms with Crippen molar-refractivity contribution in [1.82, 2.24) is 5.32 Å². The Hall–Kier alpha value is -2.34. The van der Waals surface area contributed by atoms with E-state index in [4.69, 9.17) is 0 Å². The van der Waals surface area contributed by atoms with Gasteiger partial charge in [-0.1, -0.05) is 16.7 Å². The fourth-order valence-corrected chi connectivity index (χ4v) is 4.71. The molecule has 1 aliphatic carbocycles. The summed E-state index contributed by atoms with van der Waals surface area (Å²) in [4.78, 5) is 13.2. The van der Waals surface area contributed by atoms with Crippen LogP contribution >= 0.6 is 7.80 Å². The van der Waals surface area contributed by atoms with E-state index < -0.39 is 43.5 Å². The van der Waals surface area contributed by atoms with E-state index in [0.717, 1.165) is 12.1 Å². The Morgan fingerprint density at radius 3 is 2.00 bits per heavy atom. The standard InChI is InChI=1S/C21H19F5NO2P/c1-30(29)9-3-2-8-20(19(28)27-12-21(24,25)26)17-10-13(22)4-6-15(17)16-7-5-14(23)11-18(16)20/h4-7,10-11H,2-3,8-9,12H2,1H3/p+1. The lowest BCUT2D eigenvalue weighted by Crippen LogP contribution is -2.47. The quantitative estimate of drug-likeness (QED) is 0.347. The van der Waals surface area contributed by atoms with E-state index >= 15 is 0 Å². The molecule has 0 radical (unpaired) electrons. The molecule has 0 saturated heterocycles. The second kappa shape index (κ2) is 8.42. The van der Waals surface area contributed by atoms with Crippen molar-refractivity contribution >= 4 is 13.7 Å². The number of rotatable bonds is 7. The minimum Gasteiger partial charge on any atom is -0.346 e. The van der Waals surface area contributed by atoms with Gasteiger partial charge in [-0.05, 0) is 65.8 Å². The van der Waals surface area contributed by atoms with Crippen LogP contribution in [0.25, 0.3) is 11.1 Å². The number of hydrogen-bond acceptors (Lipinski definition) is 2. The Balaban J connectivity index is 2.12. The summed E-state index contributed by atoms with van der Waals surface area (Å²) >= 11 is 0. The van der Waals surface area contributed by atoms with E-state index in [9.17, 15) is 31.3 Å². The maximum Gasteiger partial charge on any atom is 0.405 e. The fourth-order valence-electron chi connectivity index (χ4n) is 4.04. The van der Waals surface area contributed by atoms with Gasteiger partial charge in [-0.2, -0.15) is 13.2 Å². The minimum absolute atomic E-state index is 0.0345. The molecule has 3 rings (SSSR count). The lowest BCUT2D eigenvalue weighted by Gasteiger charge is -2.31. The molecule has 0 bridgehead atoms. The molecule has 9 heteroatoms. The lowest BCUT2D eigenvalue weighted by molar-refractivity contribution is -0.141. The Kier molecular flexibility index (Phi) is 6.27. The van der Waals surface area contributed by atoms with Gasteiger partial charge in [0.05, 0.1) is 0 Å². The first-order valence-corrected chi connectivity index (χ1v) is 11.3. The van der Waals surface area contributed by atoms with E-state index in [0.29, 0.717) is 30.1 Å². The third-order valence-electron chi connectivity index (χ3n) is 5.28. The topological polar surface area (TPSA) is 46.2 Å². The number of benzene rings is 2. The smallest absolute Gasteiger partial charge is 0.346 e. The molecule has 0 aliphatic heterocycles. The van der Waals surface area contributed by atoms with Crippen molar-refractivity contribution in [2.75, 3.05) is 19.4 Å². The van der Waals surface area contributed by atoms with Gasteiger partial charge in [0.25, 0.3) is 0 Å². The highest BCUT2D eigenvalue weighted by atomic mass is 31.1. The molecule has 2 aromatic rings. The molecule has 3 nitrogen and oxygen atoms in total. The predicted octanol–water partition coefficient (Wildman–Crippen LogP) is 5.54. The number of amides is 1. The van der Waals surface area contributed by atoms with Gasteiger partial charge in [-0.3, -0.25) is 4.79 Å². The monoisotopic (exact) mass is 444 g/mol. The molecule has 1 amide bonds. The third kappa shape index (κ3) is 4.38. The van der Waals surface area contributed by atoms with Gasteiger partial charge >= 0.3 is 14.0 Å². The van der Waals surface area contributed by atoms with Crippen molar-refractivity contribution in [2.45, 2.75) is 30.9 Å². The number of carbonyl (C=O) groups excluding carboxylic acids is 1. The van der Waals surface area contributed by atoms with Crippen molar-refractivity contribution in [3.05, 3.63) is 59.2 Å². The fraction of sp³-hybridized carbons (Fsp3) is 0.381. The van der Waals surface area contributed by atoms with E-state index in [-0.39, 0.29) is 17.5 Å². The van der Waals surface area contributed by atoms with Crippen LogP contribution in [0.1, 0.15) is 30.4 Å². The zero-order chi connectivity index (χ0) is 22.1. The van der Waals surface area contributed by atoms with Gasteiger partial charge in [0, 0.05) is 0 Å². The normalized spacial score (nSPS) is 14.8. The molecule has 0 saturated carbocycles. The highest BCUT2D eigenvalue weighted by Gasteiger charge is 2.49. The number of carbonyl (C=O) groups is 1. The van der Waals surface area contributed by atoms with Crippen LogP contribution in [-0.4, -0.2) is 31.5 Å². The van der Waals surface area contributed by atoms with Crippen LogP contribution in [0.15, 0.2) is 36.4 Å². The van der Waals surface area contributed by atoms with Crippen LogP contribution in [0.5, 0.6) is 0 Å². The van der Waals surface area contributed by atoms with Crippen LogP contribution in [-0.2, 0) is 14.8 Å². The van der Waals surface area contributed by atoms with Crippen LogP contribution < -0.4 is 5.32 Å². The highest BCUT2D eigenvalue weighted by molar-refractivity contribution is 7.43. The maximum atomic E-state index is 14.1. The maximum absolute atomic E-state index is 14.1. The Labute approximate surface area is 171 Å². The van der Waals surface area contributed by atoms with Gasteiger partial charge in [0.2, 0.25) is 5.91 Å². The molecule has 0 heterocycles. The zero-order valence-corrected chi connectivity index (χ0v) is 17.0. The summed E-state index contributed by atoms with van der Waals surface area (Å²) in [6.45, 7) is 0.00969. The molecule has 1 atom stereocenters. The van der Waals surface area contributed by atoms with Gasteiger partial charge in [-0.25, -0.2) is 8.78 Å². The summed E-state index contributed by atoms with van der Waals surface area (Å²) in [5.41, 5.74) is -0.281. The summed E-state index contributed by atoms with van der Waals surface area (Å²) in [6.07, 6.45) is -3.39. The van der Waals surface area contributed by atoms with Crippen LogP contribution in [0.3, 0.4) is 0 Å². The molecule has 30 heavy (non-hydrogen) atoms. The summed E-state index contributed by atoms with van der Waals surface area (Å²) in [5.74, 6) is -2.25. The van der Waals surface area contributed by atoms with Crippen molar-refractivity contribution in [1.29, 1.82) is 0 Å². The van der Waals surface area contributed by atoms with Crippen LogP contribution in [0, 0.1) is 11.6 Å². The number of halogens is 5. The molecule has 2 aromatic carbocycles. The van der Waals surface area contributed by atoms with Gasteiger partial charge < -0.3 is 5.32 Å². The molecule has 1 aliphatic rings. The average molecular weight is 444 g/mol. The Morgan fingerprint density at radius 1 is 1.00 bits per heavy atom. The van der Waals surface area contributed by atoms with Gasteiger partial charge in [0.15, 0.2) is 0 Å². The molecule has 0 aromatic heterocycles. The first-order valence-electron chi connectivity index (χ1n) is 9.38. The number of alkyl halides is 3. The van der Waals surface area contributed by atoms with Crippen LogP contribution in [0.2, 0.25) is 0 Å². The zero-order valence-electron chi connectivity index (χ0n) is 16.2. The number of fused-ring (bicyclic) bond motifs is 3. The van der Waals surface area contributed by atoms with Crippen molar-refractivity contribution in [3.8, 4) is 11.1 Å². The van der Waals surface area contributed by atoms with E-state index in [2.05, 4.69) is 0 Å². The molecular weight excluding hydrogens is 424 g/mol. The highest BCUT2D eigenvalue weighted by Crippen LogP contribution is 2.52. The average Bonchev–Trinajstić information content (AvgIpc) is 2.92. The number of hydrogen-bond donors (Lipinski definition) is 1. The van der Waals surface area contributed by atoms with Gasteiger partial charge in [0.1, 0.15) is 36.4 Å². The summed E-state index contributed by atoms with van der Waals surface area (Å²) in [7, 11) is -1.41. The molecule has 0 fully saturated rings. The molecule has 1 N–H and O–H groups in total. The van der Waals surface area contributed by atoms with Gasteiger partial charge in [-0.15, -0.1) is 0 Å². The minimum atomic E-state index is -4.63. The second-order valence-electron chi connectivity index (χ2n) is 7.39. The molecule has 0 spiro atoms. The summed E-state index contributed by atoms with van der Waals surface area (Å²) in [5, 5.41) is 1.91. The Bertz CT molecular complexity index is 938. The summed E-state index contributed by atoms with van der Waals surface area (Å²) < 4.78 is 78.0. The first kappa shape index (κ1) is 22.3. The first-order chi connectivity index (χ1) is 14.0. The van der Waals surface area contributed by atoms with Crippen LogP contribution in [0.4, 0.5) is 22.0 Å². The van der Waals surface area contributed by atoms with Crippen molar-refractivity contribution < 1.29 is 31.3 Å². The molecule has 160 valence electrons. The van der Waals surface area contributed by atoms with E-state index in [1.54, 1.807) is 6.66 Å². The predicted molar refractivity (Wildman–Crippen MR) is 104 cm³/mol. The molecular formula is C21H20F5NO2P+. The van der Waals surface area contributed by atoms with E-state index in [1.165, 1.54) is 24.3 Å². The number of nitrogens with one attached hydrogen (secondary N) is 1. The van der Waals surface area contributed by atoms with Crippen molar-refractivity contribution in [3.63, 3.8) is 0 Å². The summed E-state index contributed by atoms with van der Waals surface area (Å²) in [6, 6.07) is 7.53. The second-order valence-corrected chi connectivity index (χ2v) is 9.09. The largest absolute Gasteiger partial charge is 0.405 e.